The number of carbonyl (C=O) groups is 1. The third kappa shape index (κ3) is 3.92. The first-order chi connectivity index (χ1) is 10.6. The van der Waals surface area contributed by atoms with Crippen molar-refractivity contribution >= 4 is 29.2 Å². The molecule has 0 saturated carbocycles. The summed E-state index contributed by atoms with van der Waals surface area (Å²) in [7, 11) is 0. The van der Waals surface area contributed by atoms with E-state index < -0.39 is 23.7 Å². The van der Waals surface area contributed by atoms with E-state index >= 15 is 0 Å². The molecule has 9 heteroatoms. The molecule has 0 aliphatic heterocycles. The summed E-state index contributed by atoms with van der Waals surface area (Å²) in [4.78, 5) is 17.7. The maximum Gasteiger partial charge on any atom is 0.451 e. The first-order valence-corrected chi connectivity index (χ1v) is 6.97. The summed E-state index contributed by atoms with van der Waals surface area (Å²) in [6.45, 7) is 1.36. The molecule has 1 aromatic carbocycles. The Morgan fingerprint density at radius 3 is 2.39 bits per heavy atom. The second kappa shape index (κ2) is 6.33. The van der Waals surface area contributed by atoms with Crippen LogP contribution >= 0.6 is 23.2 Å². The van der Waals surface area contributed by atoms with Gasteiger partial charge in [0.2, 0.25) is 5.82 Å². The molecule has 2 rings (SSSR count). The molecule has 1 aromatic heterocycles. The molecule has 0 atom stereocenters. The standard InChI is InChI=1S/C14H9Cl2F3N2O2/c1-6-10(5-7-2-3-8(15)9(16)4-7)20-13(14(17,18)19)21-11(6)12(22)23/h2-4H,5H2,1H3,(H,22,23). The molecule has 4 nitrogen and oxygen atoms in total. The largest absolute Gasteiger partial charge is 0.477 e. The summed E-state index contributed by atoms with van der Waals surface area (Å²) < 4.78 is 38.5. The van der Waals surface area contributed by atoms with E-state index in [9.17, 15) is 18.0 Å². The lowest BCUT2D eigenvalue weighted by atomic mass is 10.0. The van der Waals surface area contributed by atoms with Crippen LogP contribution in [0.25, 0.3) is 0 Å². The van der Waals surface area contributed by atoms with Crippen LogP contribution in [0, 0.1) is 6.92 Å². The number of hydrogen-bond donors (Lipinski definition) is 1. The Bertz CT molecular complexity index is 779. The topological polar surface area (TPSA) is 63.1 Å². The van der Waals surface area contributed by atoms with Crippen LogP contribution in [0.5, 0.6) is 0 Å². The van der Waals surface area contributed by atoms with E-state index in [1.54, 1.807) is 6.07 Å². The van der Waals surface area contributed by atoms with Gasteiger partial charge in [-0.25, -0.2) is 14.8 Å². The van der Waals surface area contributed by atoms with Crippen LogP contribution in [0.3, 0.4) is 0 Å². The Morgan fingerprint density at radius 2 is 1.87 bits per heavy atom. The van der Waals surface area contributed by atoms with Crippen molar-refractivity contribution in [1.29, 1.82) is 0 Å². The molecule has 0 saturated heterocycles. The van der Waals surface area contributed by atoms with Crippen molar-refractivity contribution in [3.8, 4) is 0 Å². The fraction of sp³-hybridized carbons (Fsp3) is 0.214. The first kappa shape index (κ1) is 17.5. The van der Waals surface area contributed by atoms with E-state index in [4.69, 9.17) is 28.3 Å². The van der Waals surface area contributed by atoms with Crippen LogP contribution < -0.4 is 0 Å². The minimum Gasteiger partial charge on any atom is -0.477 e. The van der Waals surface area contributed by atoms with Crippen molar-refractivity contribution in [3.63, 3.8) is 0 Å². The number of nitrogens with zero attached hydrogens (tertiary/aromatic N) is 2. The maximum absolute atomic E-state index is 12.8. The number of alkyl halides is 3. The highest BCUT2D eigenvalue weighted by Crippen LogP contribution is 2.29. The van der Waals surface area contributed by atoms with Gasteiger partial charge in [0.25, 0.3) is 0 Å². The minimum atomic E-state index is -4.84. The predicted octanol–water partition coefficient (Wildman–Crippen LogP) is 4.40. The van der Waals surface area contributed by atoms with Gasteiger partial charge in [-0.15, -0.1) is 0 Å². The van der Waals surface area contributed by atoms with Crippen LogP contribution in [0.4, 0.5) is 13.2 Å². The number of aromatic carboxylic acids is 1. The van der Waals surface area contributed by atoms with E-state index in [0.29, 0.717) is 10.6 Å². The van der Waals surface area contributed by atoms with Gasteiger partial charge in [-0.1, -0.05) is 29.3 Å². The van der Waals surface area contributed by atoms with Gasteiger partial charge in [-0.05, 0) is 24.6 Å². The second-order valence-corrected chi connectivity index (χ2v) is 5.51. The summed E-state index contributed by atoms with van der Waals surface area (Å²) in [5.74, 6) is -3.04. The summed E-state index contributed by atoms with van der Waals surface area (Å²) >= 11 is 11.6. The number of rotatable bonds is 3. The quantitative estimate of drug-likeness (QED) is 0.876. The van der Waals surface area contributed by atoms with Gasteiger partial charge in [0, 0.05) is 12.0 Å². The molecular formula is C14H9Cl2F3N2O2. The van der Waals surface area contributed by atoms with E-state index in [2.05, 4.69) is 9.97 Å². The lowest BCUT2D eigenvalue weighted by molar-refractivity contribution is -0.145. The van der Waals surface area contributed by atoms with Crippen molar-refractivity contribution in [2.24, 2.45) is 0 Å². The van der Waals surface area contributed by atoms with Crippen molar-refractivity contribution in [2.45, 2.75) is 19.5 Å². The number of halogens is 5. The zero-order valence-corrected chi connectivity index (χ0v) is 13.1. The third-order valence-corrected chi connectivity index (χ3v) is 3.80. The molecular weight excluding hydrogens is 356 g/mol. The van der Waals surface area contributed by atoms with Crippen LogP contribution in [0.1, 0.15) is 33.1 Å². The summed E-state index contributed by atoms with van der Waals surface area (Å²) in [5, 5.41) is 9.57. The molecule has 23 heavy (non-hydrogen) atoms. The highest BCUT2D eigenvalue weighted by Gasteiger charge is 2.36. The summed E-state index contributed by atoms with van der Waals surface area (Å²) in [6, 6.07) is 4.56. The number of carboxylic acids is 1. The number of carboxylic acid groups (broad SMARTS) is 1. The van der Waals surface area contributed by atoms with Gasteiger partial charge in [0.1, 0.15) is 0 Å². The van der Waals surface area contributed by atoms with Crippen LogP contribution in [0.2, 0.25) is 10.0 Å². The fourth-order valence-electron chi connectivity index (χ4n) is 1.91. The van der Waals surface area contributed by atoms with Crippen molar-refractivity contribution < 1.29 is 23.1 Å². The molecule has 0 amide bonds. The Balaban J connectivity index is 2.54. The Morgan fingerprint density at radius 1 is 1.22 bits per heavy atom. The molecule has 2 aromatic rings. The highest BCUT2D eigenvalue weighted by molar-refractivity contribution is 6.42. The van der Waals surface area contributed by atoms with Crippen LogP contribution in [0.15, 0.2) is 18.2 Å². The molecule has 0 unspecified atom stereocenters. The van der Waals surface area contributed by atoms with Crippen molar-refractivity contribution in [2.75, 3.05) is 0 Å². The predicted molar refractivity (Wildman–Crippen MR) is 78.0 cm³/mol. The zero-order chi connectivity index (χ0) is 17.4. The van der Waals surface area contributed by atoms with Crippen LogP contribution in [-0.2, 0) is 12.6 Å². The molecule has 0 aliphatic rings. The first-order valence-electron chi connectivity index (χ1n) is 6.21. The average molecular weight is 365 g/mol. The molecule has 0 aliphatic carbocycles. The molecule has 1 N–H and O–H groups in total. The van der Waals surface area contributed by atoms with E-state index in [1.807, 2.05) is 0 Å². The maximum atomic E-state index is 12.8. The molecule has 0 fully saturated rings. The summed E-state index contributed by atoms with van der Waals surface area (Å²) in [6.07, 6.45) is -4.88. The SMILES string of the molecule is Cc1c(Cc2ccc(Cl)c(Cl)c2)nc(C(F)(F)F)nc1C(=O)O. The normalized spacial score (nSPS) is 11.6. The van der Waals surface area contributed by atoms with E-state index in [-0.39, 0.29) is 22.7 Å². The molecule has 0 spiro atoms. The lowest BCUT2D eigenvalue weighted by Crippen LogP contribution is -2.18. The molecule has 1 heterocycles. The van der Waals surface area contributed by atoms with Crippen molar-refractivity contribution in [3.05, 3.63) is 56.6 Å². The van der Waals surface area contributed by atoms with Gasteiger partial charge in [-0.2, -0.15) is 13.2 Å². The number of aromatic nitrogens is 2. The van der Waals surface area contributed by atoms with Gasteiger partial charge < -0.3 is 5.11 Å². The Labute approximate surface area is 138 Å². The summed E-state index contributed by atoms with van der Waals surface area (Å²) in [5.41, 5.74) is -0.104. The third-order valence-electron chi connectivity index (χ3n) is 3.06. The second-order valence-electron chi connectivity index (χ2n) is 4.70. The average Bonchev–Trinajstić information content (AvgIpc) is 2.43. The smallest absolute Gasteiger partial charge is 0.451 e. The van der Waals surface area contributed by atoms with Gasteiger partial charge >= 0.3 is 12.1 Å². The van der Waals surface area contributed by atoms with Gasteiger partial charge in [0.05, 0.1) is 15.7 Å². The Kier molecular flexibility index (Phi) is 4.81. The lowest BCUT2D eigenvalue weighted by Gasteiger charge is -2.12. The van der Waals surface area contributed by atoms with Gasteiger partial charge in [0.15, 0.2) is 5.69 Å². The number of hydrogen-bond acceptors (Lipinski definition) is 3. The van der Waals surface area contributed by atoms with Crippen molar-refractivity contribution in [1.82, 2.24) is 9.97 Å². The fourth-order valence-corrected chi connectivity index (χ4v) is 2.23. The zero-order valence-electron chi connectivity index (χ0n) is 11.6. The van der Waals surface area contributed by atoms with E-state index in [0.717, 1.165) is 0 Å². The number of benzene rings is 1. The Hall–Kier alpha value is -1.86. The monoisotopic (exact) mass is 364 g/mol. The van der Waals surface area contributed by atoms with Crippen LogP contribution in [-0.4, -0.2) is 21.0 Å². The molecule has 122 valence electrons. The molecule has 0 bridgehead atoms. The minimum absolute atomic E-state index is 0.0331. The highest BCUT2D eigenvalue weighted by atomic mass is 35.5. The van der Waals surface area contributed by atoms with Gasteiger partial charge in [-0.3, -0.25) is 0 Å². The molecule has 0 radical (unpaired) electrons. The van der Waals surface area contributed by atoms with E-state index in [1.165, 1.54) is 19.1 Å².